The van der Waals surface area contributed by atoms with E-state index in [0.29, 0.717) is 11.3 Å². The fourth-order valence-electron chi connectivity index (χ4n) is 3.41. The summed E-state index contributed by atoms with van der Waals surface area (Å²) in [7, 11) is 0. The molecule has 2 fully saturated rings. The van der Waals surface area contributed by atoms with Crippen LogP contribution in [-0.4, -0.2) is 11.2 Å². The van der Waals surface area contributed by atoms with Crippen LogP contribution in [0.4, 0.5) is 0 Å². The maximum absolute atomic E-state index is 9.86. The zero-order valence-electron chi connectivity index (χ0n) is 8.21. The van der Waals surface area contributed by atoms with E-state index < -0.39 is 0 Å². The van der Waals surface area contributed by atoms with E-state index in [1.807, 2.05) is 0 Å². The summed E-state index contributed by atoms with van der Waals surface area (Å²) in [6.45, 7) is 4.70. The SMILES string of the molecule is CC1(C)[C@H]2CCC[C@@H]1[C@@H](O)CC2. The van der Waals surface area contributed by atoms with E-state index >= 15 is 0 Å². The molecule has 1 heteroatoms. The second-order valence-corrected chi connectivity index (χ2v) is 5.20. The lowest BCUT2D eigenvalue weighted by Gasteiger charge is -2.51. The molecule has 1 N–H and O–H groups in total. The Hall–Kier alpha value is -0.0400. The highest BCUT2D eigenvalue weighted by Crippen LogP contribution is 2.52. The average molecular weight is 168 g/mol. The Morgan fingerprint density at radius 3 is 2.50 bits per heavy atom. The van der Waals surface area contributed by atoms with Gasteiger partial charge in [0.25, 0.3) is 0 Å². The molecule has 0 spiro atoms. The molecule has 1 nitrogen and oxygen atoms in total. The molecule has 70 valence electrons. The van der Waals surface area contributed by atoms with Crippen LogP contribution in [0.5, 0.6) is 0 Å². The minimum Gasteiger partial charge on any atom is -0.393 e. The van der Waals surface area contributed by atoms with Crippen molar-refractivity contribution in [3.05, 3.63) is 0 Å². The number of fused-ring (bicyclic) bond motifs is 2. The van der Waals surface area contributed by atoms with Crippen molar-refractivity contribution in [2.45, 2.75) is 52.1 Å². The van der Waals surface area contributed by atoms with E-state index in [2.05, 4.69) is 13.8 Å². The summed E-state index contributed by atoms with van der Waals surface area (Å²) in [5.74, 6) is 1.48. The Bertz CT molecular complexity index is 174. The van der Waals surface area contributed by atoms with Crippen LogP contribution in [0.3, 0.4) is 0 Å². The normalized spacial score (nSPS) is 45.8. The first-order valence-corrected chi connectivity index (χ1v) is 5.30. The maximum Gasteiger partial charge on any atom is 0.0573 e. The average Bonchev–Trinajstić information content (AvgIpc) is 1.95. The smallest absolute Gasteiger partial charge is 0.0573 e. The Kier molecular flexibility index (Phi) is 1.95. The van der Waals surface area contributed by atoms with E-state index in [-0.39, 0.29) is 6.10 Å². The highest BCUT2D eigenvalue weighted by atomic mass is 16.3. The lowest BCUT2D eigenvalue weighted by atomic mass is 9.55. The van der Waals surface area contributed by atoms with E-state index in [1.54, 1.807) is 0 Å². The molecule has 2 aliphatic carbocycles. The van der Waals surface area contributed by atoms with Crippen LogP contribution in [0, 0.1) is 17.3 Å². The topological polar surface area (TPSA) is 20.2 Å². The highest BCUT2D eigenvalue weighted by molar-refractivity contribution is 4.96. The van der Waals surface area contributed by atoms with Crippen LogP contribution in [0.2, 0.25) is 0 Å². The van der Waals surface area contributed by atoms with Crippen molar-refractivity contribution in [2.24, 2.45) is 17.3 Å². The van der Waals surface area contributed by atoms with Crippen LogP contribution in [0.1, 0.15) is 46.0 Å². The summed E-state index contributed by atoms with van der Waals surface area (Å²) in [5.41, 5.74) is 0.413. The summed E-state index contributed by atoms with van der Waals surface area (Å²) in [6.07, 6.45) is 6.30. The van der Waals surface area contributed by atoms with Crippen molar-refractivity contribution in [3.8, 4) is 0 Å². The predicted molar refractivity (Wildman–Crippen MR) is 49.9 cm³/mol. The van der Waals surface area contributed by atoms with Gasteiger partial charge in [0.1, 0.15) is 0 Å². The van der Waals surface area contributed by atoms with E-state index in [4.69, 9.17) is 0 Å². The van der Waals surface area contributed by atoms with Crippen LogP contribution in [0.15, 0.2) is 0 Å². The summed E-state index contributed by atoms with van der Waals surface area (Å²) in [6, 6.07) is 0. The largest absolute Gasteiger partial charge is 0.393 e. The summed E-state index contributed by atoms with van der Waals surface area (Å²) >= 11 is 0. The van der Waals surface area contributed by atoms with Crippen LogP contribution in [0.25, 0.3) is 0 Å². The van der Waals surface area contributed by atoms with Gasteiger partial charge in [-0.2, -0.15) is 0 Å². The molecule has 2 saturated carbocycles. The second kappa shape index (κ2) is 2.73. The van der Waals surface area contributed by atoms with Crippen molar-refractivity contribution >= 4 is 0 Å². The molecule has 12 heavy (non-hydrogen) atoms. The highest BCUT2D eigenvalue weighted by Gasteiger charge is 2.46. The van der Waals surface area contributed by atoms with Gasteiger partial charge in [0.2, 0.25) is 0 Å². The van der Waals surface area contributed by atoms with E-state index in [1.165, 1.54) is 25.7 Å². The second-order valence-electron chi connectivity index (χ2n) is 5.20. The zero-order chi connectivity index (χ0) is 8.77. The molecule has 2 aliphatic rings. The van der Waals surface area contributed by atoms with Gasteiger partial charge in [-0.15, -0.1) is 0 Å². The summed E-state index contributed by atoms with van der Waals surface area (Å²) in [4.78, 5) is 0. The number of rotatable bonds is 0. The third kappa shape index (κ3) is 1.10. The maximum atomic E-state index is 9.86. The Balaban J connectivity index is 2.21. The Labute approximate surface area is 75.2 Å². The number of aliphatic hydroxyl groups is 1. The molecule has 0 aromatic carbocycles. The third-order valence-electron chi connectivity index (χ3n) is 4.35. The Morgan fingerprint density at radius 2 is 1.83 bits per heavy atom. The molecular formula is C11H20O. The molecule has 0 aliphatic heterocycles. The van der Waals surface area contributed by atoms with Crippen molar-refractivity contribution in [2.75, 3.05) is 0 Å². The first kappa shape index (κ1) is 8.55. The van der Waals surface area contributed by atoms with Gasteiger partial charge >= 0.3 is 0 Å². The molecule has 0 aromatic rings. The lowest BCUT2D eigenvalue weighted by Crippen LogP contribution is -2.46. The fraction of sp³-hybridized carbons (Fsp3) is 1.00. The van der Waals surface area contributed by atoms with Gasteiger partial charge in [-0.05, 0) is 42.9 Å². The molecule has 0 aromatic heterocycles. The molecule has 3 atom stereocenters. The monoisotopic (exact) mass is 168 g/mol. The standard InChI is InChI=1S/C11H20O/c1-11(2)8-4-3-5-9(11)10(12)7-6-8/h8-10,12H,3-7H2,1-2H3/t8-,9+,10-/m0/s1. The summed E-state index contributed by atoms with van der Waals surface area (Å²) < 4.78 is 0. The van der Waals surface area contributed by atoms with Gasteiger partial charge in [-0.1, -0.05) is 20.3 Å². The minimum atomic E-state index is -0.00319. The van der Waals surface area contributed by atoms with Gasteiger partial charge < -0.3 is 5.11 Å². The predicted octanol–water partition coefficient (Wildman–Crippen LogP) is 2.58. The van der Waals surface area contributed by atoms with Crippen LogP contribution < -0.4 is 0 Å². The lowest BCUT2D eigenvalue weighted by molar-refractivity contribution is -0.0752. The fourth-order valence-corrected chi connectivity index (χ4v) is 3.41. The Morgan fingerprint density at radius 1 is 1.08 bits per heavy atom. The molecule has 0 unspecified atom stereocenters. The molecule has 0 saturated heterocycles. The zero-order valence-corrected chi connectivity index (χ0v) is 8.21. The van der Waals surface area contributed by atoms with Gasteiger partial charge in [0.15, 0.2) is 0 Å². The van der Waals surface area contributed by atoms with Crippen molar-refractivity contribution in [1.29, 1.82) is 0 Å². The number of hydrogen-bond acceptors (Lipinski definition) is 1. The summed E-state index contributed by atoms with van der Waals surface area (Å²) in [5, 5.41) is 9.86. The van der Waals surface area contributed by atoms with Crippen molar-refractivity contribution < 1.29 is 5.11 Å². The van der Waals surface area contributed by atoms with Gasteiger partial charge in [-0.25, -0.2) is 0 Å². The quantitative estimate of drug-likeness (QED) is 0.589. The van der Waals surface area contributed by atoms with Crippen LogP contribution in [-0.2, 0) is 0 Å². The van der Waals surface area contributed by atoms with Gasteiger partial charge in [0.05, 0.1) is 6.10 Å². The molecule has 0 amide bonds. The molecular weight excluding hydrogens is 148 g/mol. The first-order chi connectivity index (χ1) is 5.62. The molecule has 2 rings (SSSR count). The first-order valence-electron chi connectivity index (χ1n) is 5.30. The van der Waals surface area contributed by atoms with E-state index in [0.717, 1.165) is 12.3 Å². The van der Waals surface area contributed by atoms with E-state index in [9.17, 15) is 5.11 Å². The molecule has 2 bridgehead atoms. The van der Waals surface area contributed by atoms with Gasteiger partial charge in [0, 0.05) is 0 Å². The number of hydrogen-bond donors (Lipinski definition) is 1. The molecule has 0 heterocycles. The van der Waals surface area contributed by atoms with Crippen LogP contribution >= 0.6 is 0 Å². The van der Waals surface area contributed by atoms with Crippen molar-refractivity contribution in [3.63, 3.8) is 0 Å². The third-order valence-corrected chi connectivity index (χ3v) is 4.35. The minimum absolute atomic E-state index is 0.00319. The molecule has 0 radical (unpaired) electrons. The number of aliphatic hydroxyl groups excluding tert-OH is 1. The van der Waals surface area contributed by atoms with Gasteiger partial charge in [-0.3, -0.25) is 0 Å². The van der Waals surface area contributed by atoms with Crippen molar-refractivity contribution in [1.82, 2.24) is 0 Å².